The first-order valence-electron chi connectivity index (χ1n) is 11.1. The SMILES string of the molecule is COC(=O)c1ccccc1-c1ccc([C@H]2[C@@H](c3ccccn3)NC(=S)N2c2ccc(OC)c(Cl)c2)o1. The molecule has 9 heteroatoms. The van der Waals surface area contributed by atoms with E-state index in [2.05, 4.69) is 10.3 Å². The van der Waals surface area contributed by atoms with Crippen LogP contribution in [-0.4, -0.2) is 30.3 Å². The molecule has 0 saturated carbocycles. The van der Waals surface area contributed by atoms with Crippen molar-refractivity contribution >= 4 is 40.6 Å². The summed E-state index contributed by atoms with van der Waals surface area (Å²) in [5, 5.41) is 4.36. The molecule has 1 aliphatic heterocycles. The fourth-order valence-electron chi connectivity index (χ4n) is 4.37. The van der Waals surface area contributed by atoms with Gasteiger partial charge in [0.2, 0.25) is 0 Å². The van der Waals surface area contributed by atoms with Crippen LogP contribution in [0.4, 0.5) is 5.69 Å². The molecule has 2 atom stereocenters. The predicted octanol–water partition coefficient (Wildman–Crippen LogP) is 5.97. The average Bonchev–Trinajstić information content (AvgIpc) is 3.53. The zero-order valence-electron chi connectivity index (χ0n) is 19.5. The van der Waals surface area contributed by atoms with Crippen LogP contribution < -0.4 is 15.0 Å². The standard InChI is InChI=1S/C27H22ClN3O4S/c1-33-22-11-10-16(15-19(22)28)31-25(24(30-27(31)36)20-9-5-6-14-29-20)23-13-12-21(35-23)17-7-3-4-8-18(17)26(32)34-2/h3-15,24-25H,1-2H3,(H,30,36)/t24-,25+/m1/s1. The molecule has 1 N–H and O–H groups in total. The molecule has 0 unspecified atom stereocenters. The molecule has 4 aromatic rings. The normalized spacial score (nSPS) is 17.1. The van der Waals surface area contributed by atoms with Crippen molar-refractivity contribution in [2.45, 2.75) is 12.1 Å². The maximum atomic E-state index is 12.3. The maximum Gasteiger partial charge on any atom is 0.338 e. The highest BCUT2D eigenvalue weighted by Gasteiger charge is 2.42. The van der Waals surface area contributed by atoms with Crippen molar-refractivity contribution in [2.24, 2.45) is 0 Å². The number of anilines is 1. The van der Waals surface area contributed by atoms with Gasteiger partial charge in [-0.25, -0.2) is 4.79 Å². The molecular formula is C27H22ClN3O4S. The molecule has 0 radical (unpaired) electrons. The molecule has 36 heavy (non-hydrogen) atoms. The quantitative estimate of drug-likeness (QED) is 0.247. The Balaban J connectivity index is 1.61. The number of hydrogen-bond acceptors (Lipinski definition) is 6. The minimum absolute atomic E-state index is 0.297. The number of furan rings is 1. The highest BCUT2D eigenvalue weighted by Crippen LogP contribution is 2.44. The maximum absolute atomic E-state index is 12.3. The topological polar surface area (TPSA) is 76.8 Å². The molecule has 1 aliphatic rings. The van der Waals surface area contributed by atoms with Gasteiger partial charge in [-0.1, -0.05) is 35.9 Å². The molecule has 3 heterocycles. The van der Waals surface area contributed by atoms with Crippen molar-refractivity contribution in [2.75, 3.05) is 19.1 Å². The number of thiocarbonyl (C=S) groups is 1. The van der Waals surface area contributed by atoms with Crippen molar-refractivity contribution in [1.29, 1.82) is 0 Å². The first-order valence-corrected chi connectivity index (χ1v) is 11.9. The van der Waals surface area contributed by atoms with Gasteiger partial charge in [0.05, 0.1) is 36.5 Å². The third-order valence-corrected chi connectivity index (χ3v) is 6.64. The highest BCUT2D eigenvalue weighted by atomic mass is 35.5. The van der Waals surface area contributed by atoms with E-state index in [0.29, 0.717) is 38.5 Å². The number of benzene rings is 2. The van der Waals surface area contributed by atoms with Crippen molar-refractivity contribution in [3.63, 3.8) is 0 Å². The second-order valence-electron chi connectivity index (χ2n) is 8.05. The lowest BCUT2D eigenvalue weighted by Crippen LogP contribution is -2.29. The Kier molecular flexibility index (Phi) is 6.63. The molecule has 1 saturated heterocycles. The predicted molar refractivity (Wildman–Crippen MR) is 141 cm³/mol. The van der Waals surface area contributed by atoms with Crippen LogP contribution in [0.3, 0.4) is 0 Å². The number of esters is 1. The van der Waals surface area contributed by atoms with Gasteiger partial charge in [-0.2, -0.15) is 0 Å². The van der Waals surface area contributed by atoms with Crippen LogP contribution >= 0.6 is 23.8 Å². The van der Waals surface area contributed by atoms with E-state index >= 15 is 0 Å². The van der Waals surface area contributed by atoms with Crippen LogP contribution in [0.1, 0.15) is 33.9 Å². The lowest BCUT2D eigenvalue weighted by Gasteiger charge is -2.26. The minimum Gasteiger partial charge on any atom is -0.495 e. The zero-order chi connectivity index (χ0) is 25.2. The lowest BCUT2D eigenvalue weighted by molar-refractivity contribution is 0.0601. The first kappa shape index (κ1) is 23.8. The number of carbonyl (C=O) groups excluding carboxylic acids is 1. The summed E-state index contributed by atoms with van der Waals surface area (Å²) in [5.74, 6) is 1.31. The summed E-state index contributed by atoms with van der Waals surface area (Å²) in [6.45, 7) is 0. The van der Waals surface area contributed by atoms with E-state index < -0.39 is 5.97 Å². The summed E-state index contributed by atoms with van der Waals surface area (Å²) >= 11 is 12.2. The largest absolute Gasteiger partial charge is 0.495 e. The molecule has 2 aromatic carbocycles. The molecule has 0 bridgehead atoms. The second-order valence-corrected chi connectivity index (χ2v) is 8.85. The summed E-state index contributed by atoms with van der Waals surface area (Å²) in [4.78, 5) is 18.9. The van der Waals surface area contributed by atoms with E-state index in [1.165, 1.54) is 7.11 Å². The number of pyridine rings is 1. The van der Waals surface area contributed by atoms with Crippen molar-refractivity contribution < 1.29 is 18.7 Å². The number of carbonyl (C=O) groups is 1. The van der Waals surface area contributed by atoms with Crippen LogP contribution in [0.15, 0.2) is 83.4 Å². The Morgan fingerprint density at radius 1 is 1.08 bits per heavy atom. The Morgan fingerprint density at radius 2 is 1.89 bits per heavy atom. The van der Waals surface area contributed by atoms with E-state index in [4.69, 9.17) is 37.7 Å². The fraction of sp³-hybridized carbons (Fsp3) is 0.148. The number of hydrogen-bond donors (Lipinski definition) is 1. The van der Waals surface area contributed by atoms with Gasteiger partial charge in [-0.05, 0) is 60.7 Å². The van der Waals surface area contributed by atoms with Crippen LogP contribution in [0, 0.1) is 0 Å². The van der Waals surface area contributed by atoms with E-state index in [0.717, 1.165) is 11.4 Å². The van der Waals surface area contributed by atoms with Gasteiger partial charge < -0.3 is 24.1 Å². The molecular weight excluding hydrogens is 498 g/mol. The summed E-state index contributed by atoms with van der Waals surface area (Å²) in [6, 6.07) is 21.4. The summed E-state index contributed by atoms with van der Waals surface area (Å²) in [7, 11) is 2.92. The summed E-state index contributed by atoms with van der Waals surface area (Å²) < 4.78 is 16.7. The van der Waals surface area contributed by atoms with Gasteiger partial charge in [0.25, 0.3) is 0 Å². The Labute approximate surface area is 218 Å². The lowest BCUT2D eigenvalue weighted by atomic mass is 10.0. The van der Waals surface area contributed by atoms with Crippen LogP contribution in [0.2, 0.25) is 5.02 Å². The van der Waals surface area contributed by atoms with Crippen molar-refractivity contribution in [3.05, 3.63) is 101 Å². The summed E-state index contributed by atoms with van der Waals surface area (Å²) in [5.41, 5.74) is 2.63. The van der Waals surface area contributed by atoms with Crippen molar-refractivity contribution in [3.8, 4) is 17.1 Å². The Hall–Kier alpha value is -3.88. The van der Waals surface area contributed by atoms with Gasteiger partial charge in [-0.15, -0.1) is 0 Å². The van der Waals surface area contributed by atoms with Crippen LogP contribution in [0.5, 0.6) is 5.75 Å². The van der Waals surface area contributed by atoms with E-state index in [-0.39, 0.29) is 12.1 Å². The molecule has 2 aromatic heterocycles. The van der Waals surface area contributed by atoms with Gasteiger partial charge in [-0.3, -0.25) is 4.98 Å². The molecule has 0 amide bonds. The Morgan fingerprint density at radius 3 is 2.61 bits per heavy atom. The number of nitrogens with zero attached hydrogens (tertiary/aromatic N) is 2. The number of halogens is 1. The molecule has 5 rings (SSSR count). The van der Waals surface area contributed by atoms with E-state index in [9.17, 15) is 4.79 Å². The number of ether oxygens (including phenoxy) is 2. The van der Waals surface area contributed by atoms with Gasteiger partial charge >= 0.3 is 5.97 Å². The number of methoxy groups -OCH3 is 2. The van der Waals surface area contributed by atoms with E-state index in [1.807, 2.05) is 53.4 Å². The van der Waals surface area contributed by atoms with Crippen LogP contribution in [-0.2, 0) is 4.74 Å². The second kappa shape index (κ2) is 10.0. The molecule has 1 fully saturated rings. The zero-order valence-corrected chi connectivity index (χ0v) is 21.0. The van der Waals surface area contributed by atoms with Gasteiger partial charge in [0.1, 0.15) is 23.3 Å². The summed E-state index contributed by atoms with van der Waals surface area (Å²) in [6.07, 6.45) is 1.74. The average molecular weight is 520 g/mol. The third-order valence-electron chi connectivity index (χ3n) is 6.03. The highest BCUT2D eigenvalue weighted by molar-refractivity contribution is 7.80. The molecule has 0 aliphatic carbocycles. The molecule has 0 spiro atoms. The molecule has 7 nitrogen and oxygen atoms in total. The third kappa shape index (κ3) is 4.29. The fourth-order valence-corrected chi connectivity index (χ4v) is 4.97. The van der Waals surface area contributed by atoms with E-state index in [1.54, 1.807) is 37.6 Å². The Bertz CT molecular complexity index is 1430. The first-order chi connectivity index (χ1) is 17.5. The van der Waals surface area contributed by atoms with Gasteiger partial charge in [0.15, 0.2) is 5.11 Å². The smallest absolute Gasteiger partial charge is 0.338 e. The van der Waals surface area contributed by atoms with Crippen molar-refractivity contribution in [1.82, 2.24) is 10.3 Å². The number of rotatable bonds is 6. The number of aromatic nitrogens is 1. The number of nitrogens with one attached hydrogen (secondary N) is 1. The monoisotopic (exact) mass is 519 g/mol. The van der Waals surface area contributed by atoms with Gasteiger partial charge in [0, 0.05) is 17.4 Å². The minimum atomic E-state index is -0.437. The molecule has 182 valence electrons. The van der Waals surface area contributed by atoms with Crippen LogP contribution in [0.25, 0.3) is 11.3 Å².